The van der Waals surface area contributed by atoms with Gasteiger partial charge in [-0.1, -0.05) is 19.1 Å². The van der Waals surface area contributed by atoms with Gasteiger partial charge in [-0.25, -0.2) is 4.98 Å². The Morgan fingerprint density at radius 2 is 2.04 bits per heavy atom. The van der Waals surface area contributed by atoms with Crippen molar-refractivity contribution in [2.45, 2.75) is 33.2 Å². The summed E-state index contributed by atoms with van der Waals surface area (Å²) in [4.78, 5) is 11.7. The van der Waals surface area contributed by atoms with Crippen LogP contribution in [0, 0.1) is 12.8 Å². The van der Waals surface area contributed by atoms with E-state index >= 15 is 0 Å². The van der Waals surface area contributed by atoms with E-state index in [1.807, 2.05) is 25.1 Å². The normalized spacial score (nSPS) is 17.6. The van der Waals surface area contributed by atoms with Crippen molar-refractivity contribution in [1.82, 2.24) is 9.97 Å². The third-order valence-electron chi connectivity index (χ3n) is 4.41. The highest BCUT2D eigenvalue weighted by Gasteiger charge is 2.19. The summed E-state index contributed by atoms with van der Waals surface area (Å²) in [6, 6.07) is 10.1. The van der Waals surface area contributed by atoms with E-state index < -0.39 is 0 Å². The van der Waals surface area contributed by atoms with Crippen molar-refractivity contribution in [1.29, 1.82) is 0 Å². The molecule has 1 aromatic carbocycles. The van der Waals surface area contributed by atoms with Crippen LogP contribution in [0.3, 0.4) is 0 Å². The largest absolute Gasteiger partial charge is 0.497 e. The van der Waals surface area contributed by atoms with Gasteiger partial charge in [0.25, 0.3) is 0 Å². The van der Waals surface area contributed by atoms with E-state index in [4.69, 9.17) is 9.72 Å². The Kier molecular flexibility index (Phi) is 5.18. The van der Waals surface area contributed by atoms with E-state index in [1.54, 1.807) is 7.11 Å². The quantitative estimate of drug-likeness (QED) is 0.909. The number of aryl methyl sites for hydroxylation is 1. The number of benzene rings is 1. The highest BCUT2D eigenvalue weighted by molar-refractivity contribution is 5.44. The molecule has 128 valence electrons. The number of rotatable bonds is 5. The molecule has 24 heavy (non-hydrogen) atoms. The molecule has 2 aromatic rings. The lowest BCUT2D eigenvalue weighted by Gasteiger charge is -2.31. The fourth-order valence-electron chi connectivity index (χ4n) is 3.09. The van der Waals surface area contributed by atoms with Gasteiger partial charge in [0.2, 0.25) is 5.95 Å². The molecular formula is C19H26N4O. The predicted octanol–water partition coefficient (Wildman–Crippen LogP) is 3.64. The zero-order valence-electron chi connectivity index (χ0n) is 14.7. The second-order valence-electron chi connectivity index (χ2n) is 6.59. The Labute approximate surface area is 144 Å². The molecule has 1 saturated heterocycles. The third-order valence-corrected chi connectivity index (χ3v) is 4.41. The number of hydrogen-bond donors (Lipinski definition) is 1. The molecule has 0 radical (unpaired) electrons. The first kappa shape index (κ1) is 16.6. The van der Waals surface area contributed by atoms with Crippen molar-refractivity contribution in [2.75, 3.05) is 30.4 Å². The Bertz CT molecular complexity index is 672. The Morgan fingerprint density at radius 1 is 1.25 bits per heavy atom. The molecule has 0 aliphatic carbocycles. The average Bonchev–Trinajstić information content (AvgIpc) is 2.60. The Hall–Kier alpha value is -2.30. The number of hydrogen-bond acceptors (Lipinski definition) is 5. The fourth-order valence-corrected chi connectivity index (χ4v) is 3.09. The minimum absolute atomic E-state index is 0.707. The van der Waals surface area contributed by atoms with Crippen molar-refractivity contribution in [2.24, 2.45) is 5.92 Å². The van der Waals surface area contributed by atoms with Gasteiger partial charge in [-0.3, -0.25) is 0 Å². The van der Waals surface area contributed by atoms with Crippen LogP contribution in [0.1, 0.15) is 31.0 Å². The van der Waals surface area contributed by atoms with Crippen LogP contribution in [0.4, 0.5) is 11.8 Å². The number of piperidine rings is 1. The molecule has 1 atom stereocenters. The van der Waals surface area contributed by atoms with Crippen molar-refractivity contribution in [3.8, 4) is 5.75 Å². The molecule has 1 fully saturated rings. The minimum atomic E-state index is 0.707. The van der Waals surface area contributed by atoms with E-state index in [9.17, 15) is 0 Å². The molecule has 0 bridgehead atoms. The maximum atomic E-state index is 5.19. The topological polar surface area (TPSA) is 50.3 Å². The smallest absolute Gasteiger partial charge is 0.227 e. The Morgan fingerprint density at radius 3 is 2.75 bits per heavy atom. The molecule has 5 heteroatoms. The van der Waals surface area contributed by atoms with Crippen LogP contribution < -0.4 is 15.0 Å². The lowest BCUT2D eigenvalue weighted by Crippen LogP contribution is -2.35. The summed E-state index contributed by atoms with van der Waals surface area (Å²) in [7, 11) is 1.68. The summed E-state index contributed by atoms with van der Waals surface area (Å²) in [5.41, 5.74) is 2.19. The van der Waals surface area contributed by atoms with E-state index in [-0.39, 0.29) is 0 Å². The van der Waals surface area contributed by atoms with Crippen LogP contribution >= 0.6 is 0 Å². The van der Waals surface area contributed by atoms with Gasteiger partial charge in [0.05, 0.1) is 7.11 Å². The molecular weight excluding hydrogens is 300 g/mol. The first-order valence-corrected chi connectivity index (χ1v) is 8.61. The first-order chi connectivity index (χ1) is 11.6. The van der Waals surface area contributed by atoms with Gasteiger partial charge in [-0.15, -0.1) is 0 Å². The van der Waals surface area contributed by atoms with Crippen molar-refractivity contribution in [3.05, 3.63) is 41.6 Å². The average molecular weight is 326 g/mol. The molecule has 0 saturated carbocycles. The highest BCUT2D eigenvalue weighted by Crippen LogP contribution is 2.22. The van der Waals surface area contributed by atoms with E-state index in [2.05, 4.69) is 34.3 Å². The minimum Gasteiger partial charge on any atom is -0.497 e. The van der Waals surface area contributed by atoms with Gasteiger partial charge in [-0.05, 0) is 43.4 Å². The summed E-state index contributed by atoms with van der Waals surface area (Å²) in [6.45, 7) is 7.14. The van der Waals surface area contributed by atoms with E-state index in [1.165, 1.54) is 18.4 Å². The Balaban J connectivity index is 1.68. The molecule has 0 spiro atoms. The van der Waals surface area contributed by atoms with Gasteiger partial charge >= 0.3 is 0 Å². The van der Waals surface area contributed by atoms with Gasteiger partial charge in [0, 0.05) is 31.4 Å². The molecule has 0 amide bonds. The number of anilines is 2. The SMILES string of the molecule is COc1ccc(CNc2cc(C)nc(N3CCCC(C)C3)n2)cc1. The number of ether oxygens (including phenoxy) is 1. The zero-order chi connectivity index (χ0) is 16.9. The predicted molar refractivity (Wildman–Crippen MR) is 97.7 cm³/mol. The fraction of sp³-hybridized carbons (Fsp3) is 0.474. The second kappa shape index (κ2) is 7.51. The molecule has 1 N–H and O–H groups in total. The summed E-state index contributed by atoms with van der Waals surface area (Å²) in [6.07, 6.45) is 2.51. The van der Waals surface area contributed by atoms with Gasteiger partial charge in [0.1, 0.15) is 11.6 Å². The van der Waals surface area contributed by atoms with E-state index in [0.717, 1.165) is 42.8 Å². The summed E-state index contributed by atoms with van der Waals surface area (Å²) >= 11 is 0. The van der Waals surface area contributed by atoms with Gasteiger partial charge in [-0.2, -0.15) is 4.98 Å². The first-order valence-electron chi connectivity index (χ1n) is 8.61. The molecule has 2 heterocycles. The molecule has 1 aliphatic rings. The van der Waals surface area contributed by atoms with Crippen LogP contribution in [0.15, 0.2) is 30.3 Å². The maximum Gasteiger partial charge on any atom is 0.227 e. The third kappa shape index (κ3) is 4.16. The summed E-state index contributed by atoms with van der Waals surface area (Å²) < 4.78 is 5.19. The molecule has 3 rings (SSSR count). The van der Waals surface area contributed by atoms with Crippen molar-refractivity contribution in [3.63, 3.8) is 0 Å². The lowest BCUT2D eigenvalue weighted by molar-refractivity contribution is 0.414. The maximum absolute atomic E-state index is 5.19. The highest BCUT2D eigenvalue weighted by atomic mass is 16.5. The van der Waals surface area contributed by atoms with Gasteiger partial charge < -0.3 is 15.0 Å². The van der Waals surface area contributed by atoms with Crippen LogP contribution in [-0.4, -0.2) is 30.2 Å². The standard InChI is InChI=1S/C19H26N4O/c1-14-5-4-10-23(13-14)19-21-15(2)11-18(22-19)20-12-16-6-8-17(24-3)9-7-16/h6-9,11,14H,4-5,10,12-13H2,1-3H3,(H,20,21,22). The van der Waals surface area contributed by atoms with Crippen molar-refractivity contribution >= 4 is 11.8 Å². The van der Waals surface area contributed by atoms with Crippen LogP contribution in [0.5, 0.6) is 5.75 Å². The second-order valence-corrected chi connectivity index (χ2v) is 6.59. The molecule has 1 unspecified atom stereocenters. The van der Waals surface area contributed by atoms with Crippen LogP contribution in [0.2, 0.25) is 0 Å². The summed E-state index contributed by atoms with van der Waals surface area (Å²) in [5, 5.41) is 3.41. The number of aromatic nitrogens is 2. The molecule has 1 aliphatic heterocycles. The monoisotopic (exact) mass is 326 g/mol. The molecule has 5 nitrogen and oxygen atoms in total. The van der Waals surface area contributed by atoms with Crippen molar-refractivity contribution < 1.29 is 4.74 Å². The number of nitrogens with one attached hydrogen (secondary N) is 1. The lowest BCUT2D eigenvalue weighted by atomic mass is 10.0. The zero-order valence-corrected chi connectivity index (χ0v) is 14.7. The van der Waals surface area contributed by atoms with Crippen LogP contribution in [-0.2, 0) is 6.54 Å². The van der Waals surface area contributed by atoms with Crippen LogP contribution in [0.25, 0.3) is 0 Å². The molecule has 1 aromatic heterocycles. The number of methoxy groups -OCH3 is 1. The van der Waals surface area contributed by atoms with E-state index in [0.29, 0.717) is 5.92 Å². The van der Waals surface area contributed by atoms with Gasteiger partial charge in [0.15, 0.2) is 0 Å². The number of nitrogens with zero attached hydrogens (tertiary/aromatic N) is 3. The summed E-state index contributed by atoms with van der Waals surface area (Å²) in [5.74, 6) is 3.31.